The maximum Gasteiger partial charge on any atom is 0.524 e. The monoisotopic (exact) mass is 378 g/mol. The van der Waals surface area contributed by atoms with Gasteiger partial charge in [-0.1, -0.05) is 77.1 Å². The minimum atomic E-state index is -4.60. The average molecular weight is 378 g/mol. The predicted octanol–water partition coefficient (Wildman–Crippen LogP) is 3.60. The molecule has 2 aromatic rings. The third kappa shape index (κ3) is 5.45. The quantitative estimate of drug-likeness (QED) is 0.630. The second-order valence-electron chi connectivity index (χ2n) is 7.53. The molecule has 0 aliphatic heterocycles. The van der Waals surface area contributed by atoms with E-state index < -0.39 is 7.82 Å². The molecule has 2 N–H and O–H groups in total. The zero-order valence-electron chi connectivity index (χ0n) is 14.8. The summed E-state index contributed by atoms with van der Waals surface area (Å²) in [5.74, 6) is 0.225. The van der Waals surface area contributed by atoms with Gasteiger partial charge in [0, 0.05) is 11.0 Å². The molecular weight excluding hydrogens is 350 g/mol. The van der Waals surface area contributed by atoms with Crippen molar-refractivity contribution in [3.8, 4) is 5.75 Å². The zero-order chi connectivity index (χ0) is 18.2. The molecule has 0 fully saturated rings. The number of phosphoric acid groups is 1. The van der Waals surface area contributed by atoms with Crippen LogP contribution in [-0.2, 0) is 15.4 Å². The molecule has 0 saturated carbocycles. The highest BCUT2D eigenvalue weighted by molar-refractivity contribution is 7.46. The lowest BCUT2D eigenvalue weighted by Gasteiger charge is -2.30. The van der Waals surface area contributed by atoms with Crippen molar-refractivity contribution < 1.29 is 18.9 Å². The molecule has 0 atom stereocenters. The van der Waals surface area contributed by atoms with Crippen LogP contribution < -0.4 is 4.52 Å². The molecule has 0 saturated heterocycles. The van der Waals surface area contributed by atoms with Gasteiger partial charge in [-0.25, -0.2) is 4.57 Å². The van der Waals surface area contributed by atoms with Crippen LogP contribution >= 0.6 is 7.82 Å². The van der Waals surface area contributed by atoms with E-state index in [9.17, 15) is 4.57 Å². The fourth-order valence-corrected chi connectivity index (χ4v) is 3.15. The predicted molar refractivity (Wildman–Crippen MR) is 106 cm³/mol. The molecule has 0 unspecified atom stereocenters. The Bertz CT molecular complexity index is 761. The minimum Gasteiger partial charge on any atom is -0.404 e. The first-order valence-corrected chi connectivity index (χ1v) is 9.40. The molecule has 2 aromatic carbocycles. The van der Waals surface area contributed by atoms with Crippen LogP contribution in [0.3, 0.4) is 0 Å². The van der Waals surface area contributed by atoms with Crippen molar-refractivity contribution in [2.45, 2.75) is 45.4 Å². The Hall–Kier alpha value is -1.08. The van der Waals surface area contributed by atoms with Gasteiger partial charge in [0.05, 0.1) is 0 Å². The second-order valence-corrected chi connectivity index (χ2v) is 8.70. The Labute approximate surface area is 160 Å². The first kappa shape index (κ1) is 22.0. The standard InChI is InChI=1S/C19H25O4P.Al.3H/c1-18(2,3)16-13-15(11-12-17(16)23-24(20,21)22)19(4,5)14-9-7-6-8-10-14;;;;/h6-13H,1-5H3,(H2,20,21,22);;;;. The van der Waals surface area contributed by atoms with Crippen molar-refractivity contribution in [3.05, 3.63) is 65.2 Å². The number of hydrogen-bond donors (Lipinski definition) is 2. The van der Waals surface area contributed by atoms with E-state index in [1.165, 1.54) is 5.56 Å². The molecule has 4 nitrogen and oxygen atoms in total. The highest BCUT2D eigenvalue weighted by Crippen LogP contribution is 2.44. The van der Waals surface area contributed by atoms with Crippen LogP contribution in [0.5, 0.6) is 5.75 Å². The van der Waals surface area contributed by atoms with E-state index in [1.54, 1.807) is 6.07 Å². The van der Waals surface area contributed by atoms with Gasteiger partial charge in [-0.15, -0.1) is 0 Å². The van der Waals surface area contributed by atoms with Gasteiger partial charge in [-0.05, 0) is 22.6 Å². The van der Waals surface area contributed by atoms with E-state index in [0.29, 0.717) is 0 Å². The van der Waals surface area contributed by atoms with Crippen LogP contribution in [0.2, 0.25) is 0 Å². The molecule has 0 aliphatic rings. The normalized spacial score (nSPS) is 12.4. The Morgan fingerprint density at radius 3 is 1.92 bits per heavy atom. The Morgan fingerprint density at radius 1 is 0.880 bits per heavy atom. The fraction of sp³-hybridized carbons (Fsp3) is 0.368. The molecule has 0 aromatic heterocycles. The van der Waals surface area contributed by atoms with Gasteiger partial charge in [-0.2, -0.15) is 0 Å². The van der Waals surface area contributed by atoms with E-state index >= 15 is 0 Å². The summed E-state index contributed by atoms with van der Waals surface area (Å²) in [4.78, 5) is 18.3. The third-order valence-electron chi connectivity index (χ3n) is 4.22. The van der Waals surface area contributed by atoms with Crippen molar-refractivity contribution in [1.82, 2.24) is 0 Å². The van der Waals surface area contributed by atoms with Gasteiger partial charge in [-0.3, -0.25) is 9.79 Å². The smallest absolute Gasteiger partial charge is 0.404 e. The van der Waals surface area contributed by atoms with Gasteiger partial charge >= 0.3 is 7.82 Å². The highest BCUT2D eigenvalue weighted by Gasteiger charge is 2.29. The second kappa shape index (κ2) is 7.66. The molecule has 0 bridgehead atoms. The largest absolute Gasteiger partial charge is 0.524 e. The lowest BCUT2D eigenvalue weighted by molar-refractivity contribution is 0.281. The van der Waals surface area contributed by atoms with Crippen molar-refractivity contribution >= 4 is 25.2 Å². The molecule has 136 valence electrons. The maximum atomic E-state index is 11.3. The summed E-state index contributed by atoms with van der Waals surface area (Å²) in [6.07, 6.45) is 0. The van der Waals surface area contributed by atoms with Crippen LogP contribution in [0, 0.1) is 0 Å². The summed E-state index contributed by atoms with van der Waals surface area (Å²) >= 11 is 0. The molecule has 25 heavy (non-hydrogen) atoms. The first-order chi connectivity index (χ1) is 10.9. The number of rotatable bonds is 4. The Balaban J connectivity index is 0.00000312. The van der Waals surface area contributed by atoms with E-state index in [2.05, 4.69) is 26.0 Å². The lowest BCUT2D eigenvalue weighted by Crippen LogP contribution is -2.21. The number of hydrogen-bond acceptors (Lipinski definition) is 2. The zero-order valence-corrected chi connectivity index (χ0v) is 15.7. The van der Waals surface area contributed by atoms with E-state index in [-0.39, 0.29) is 33.9 Å². The summed E-state index contributed by atoms with van der Waals surface area (Å²) in [7, 11) is -4.60. The summed E-state index contributed by atoms with van der Waals surface area (Å²) in [6, 6.07) is 15.7. The molecule has 2 rings (SSSR count). The summed E-state index contributed by atoms with van der Waals surface area (Å²) in [5.41, 5.74) is 2.47. The summed E-state index contributed by atoms with van der Waals surface area (Å²) < 4.78 is 16.2. The number of benzene rings is 2. The van der Waals surface area contributed by atoms with E-state index in [0.717, 1.165) is 11.1 Å². The number of phosphoric ester groups is 1. The van der Waals surface area contributed by atoms with Crippen molar-refractivity contribution in [2.75, 3.05) is 0 Å². The van der Waals surface area contributed by atoms with Crippen LogP contribution in [0.4, 0.5) is 0 Å². The maximum absolute atomic E-state index is 11.3. The molecule has 0 heterocycles. The van der Waals surface area contributed by atoms with Crippen molar-refractivity contribution in [2.24, 2.45) is 0 Å². The summed E-state index contributed by atoms with van der Waals surface area (Å²) in [5, 5.41) is 0. The minimum absolute atomic E-state index is 0. The Kier molecular flexibility index (Phi) is 6.73. The summed E-state index contributed by atoms with van der Waals surface area (Å²) in [6.45, 7) is 10.2. The third-order valence-corrected chi connectivity index (χ3v) is 4.66. The van der Waals surface area contributed by atoms with Crippen LogP contribution in [-0.4, -0.2) is 27.1 Å². The highest BCUT2D eigenvalue weighted by atomic mass is 31.2. The molecule has 6 heteroatoms. The van der Waals surface area contributed by atoms with E-state index in [4.69, 9.17) is 14.3 Å². The van der Waals surface area contributed by atoms with Crippen LogP contribution in [0.15, 0.2) is 48.5 Å². The molecule has 0 aliphatic carbocycles. The molecule has 0 amide bonds. The fourth-order valence-electron chi connectivity index (χ4n) is 2.73. The molecular formula is C19H28AlO4P. The molecule has 0 radical (unpaired) electrons. The van der Waals surface area contributed by atoms with Gasteiger partial charge in [0.2, 0.25) is 0 Å². The topological polar surface area (TPSA) is 66.8 Å². The van der Waals surface area contributed by atoms with Crippen molar-refractivity contribution in [1.29, 1.82) is 0 Å². The average Bonchev–Trinajstić information content (AvgIpc) is 2.45. The van der Waals surface area contributed by atoms with Crippen LogP contribution in [0.25, 0.3) is 0 Å². The van der Waals surface area contributed by atoms with Gasteiger partial charge in [0.25, 0.3) is 0 Å². The van der Waals surface area contributed by atoms with Crippen LogP contribution in [0.1, 0.15) is 51.3 Å². The molecule has 0 spiro atoms. The van der Waals surface area contributed by atoms with Gasteiger partial charge < -0.3 is 4.52 Å². The van der Waals surface area contributed by atoms with Crippen molar-refractivity contribution in [3.63, 3.8) is 0 Å². The van der Waals surface area contributed by atoms with Gasteiger partial charge in [0.15, 0.2) is 17.4 Å². The Morgan fingerprint density at radius 2 is 1.44 bits per heavy atom. The lowest BCUT2D eigenvalue weighted by atomic mass is 9.75. The SMILES string of the molecule is CC(C)(C)c1cc(C(C)(C)c2ccccc2)ccc1OP(=O)(O)O.[AlH3]. The van der Waals surface area contributed by atoms with Gasteiger partial charge in [0.1, 0.15) is 5.75 Å². The van der Waals surface area contributed by atoms with E-state index in [1.807, 2.05) is 51.1 Å². The first-order valence-electron chi connectivity index (χ1n) is 7.87.